The van der Waals surface area contributed by atoms with Gasteiger partial charge in [0.1, 0.15) is 11.0 Å². The van der Waals surface area contributed by atoms with Crippen molar-refractivity contribution in [3.8, 4) is 0 Å². The van der Waals surface area contributed by atoms with Crippen LogP contribution in [0.15, 0.2) is 23.1 Å². The van der Waals surface area contributed by atoms with E-state index in [4.69, 9.17) is 16.3 Å². The van der Waals surface area contributed by atoms with Crippen LogP contribution in [-0.4, -0.2) is 33.3 Å². The average molecular weight is 304 g/mol. The van der Waals surface area contributed by atoms with Crippen LogP contribution in [0.25, 0.3) is 0 Å². The van der Waals surface area contributed by atoms with E-state index in [0.29, 0.717) is 13.0 Å². The van der Waals surface area contributed by atoms with Crippen LogP contribution in [-0.2, 0) is 19.4 Å². The summed E-state index contributed by atoms with van der Waals surface area (Å²) in [5.41, 5.74) is 0.190. The summed E-state index contributed by atoms with van der Waals surface area (Å²) in [6, 6.07) is 4.57. The van der Waals surface area contributed by atoms with E-state index in [0.717, 1.165) is 12.7 Å². The summed E-state index contributed by atoms with van der Waals surface area (Å²) in [6.07, 6.45) is 2.00. The molecule has 1 fully saturated rings. The molecule has 1 aliphatic heterocycles. The molecule has 0 radical (unpaired) electrons. The lowest BCUT2D eigenvalue weighted by Crippen LogP contribution is -2.27. The largest absolute Gasteiger partial charge is 0.368 e. The molecule has 0 aromatic heterocycles. The van der Waals surface area contributed by atoms with Gasteiger partial charge in [0.2, 0.25) is 0 Å². The fourth-order valence-corrected chi connectivity index (χ4v) is 3.52. The molecule has 0 unspecified atom stereocenters. The monoisotopic (exact) mass is 303 g/mol. The average Bonchev–Trinajstić information content (AvgIpc) is 2.80. The minimum absolute atomic E-state index is 0.0667. The van der Waals surface area contributed by atoms with Crippen LogP contribution in [0.1, 0.15) is 12.8 Å². The predicted molar refractivity (Wildman–Crippen MR) is 72.2 cm³/mol. The number of sulfone groups is 1. The van der Waals surface area contributed by atoms with Gasteiger partial charge in [0.15, 0.2) is 9.84 Å². The van der Waals surface area contributed by atoms with Crippen LogP contribution >= 0.6 is 11.6 Å². The molecule has 2 rings (SSSR count). The summed E-state index contributed by atoms with van der Waals surface area (Å²) >= 11 is 5.90. The molecule has 0 aliphatic carbocycles. The van der Waals surface area contributed by atoms with Gasteiger partial charge in [-0.1, -0.05) is 17.7 Å². The Balaban J connectivity index is 2.30. The summed E-state index contributed by atoms with van der Waals surface area (Å²) in [5.74, 6) is -0.343. The van der Waals surface area contributed by atoms with Crippen molar-refractivity contribution in [2.24, 2.45) is 0 Å². The van der Waals surface area contributed by atoms with E-state index in [9.17, 15) is 13.2 Å². The summed E-state index contributed by atoms with van der Waals surface area (Å²) in [4.78, 5) is 11.9. The standard InChI is InChI=1S/C12H14ClNO4S/c1-19(16,17)11-8(13)4-2-5-9(11)14-12(15)10-6-3-7-18-10/h2,4-5,10H,3,6-7H2,1H3,(H,14,15)/t10-/m1/s1. The zero-order valence-corrected chi connectivity index (χ0v) is 11.9. The molecule has 1 aromatic carbocycles. The Morgan fingerprint density at radius 3 is 2.79 bits per heavy atom. The molecular weight excluding hydrogens is 290 g/mol. The third-order valence-electron chi connectivity index (χ3n) is 2.82. The van der Waals surface area contributed by atoms with Crippen molar-refractivity contribution in [3.05, 3.63) is 23.2 Å². The molecule has 1 saturated heterocycles. The molecule has 19 heavy (non-hydrogen) atoms. The third kappa shape index (κ3) is 3.26. The lowest BCUT2D eigenvalue weighted by molar-refractivity contribution is -0.124. The first kappa shape index (κ1) is 14.3. The zero-order chi connectivity index (χ0) is 14.0. The lowest BCUT2D eigenvalue weighted by Gasteiger charge is -2.14. The highest BCUT2D eigenvalue weighted by molar-refractivity contribution is 7.91. The Morgan fingerprint density at radius 1 is 1.47 bits per heavy atom. The van der Waals surface area contributed by atoms with Crippen molar-refractivity contribution < 1.29 is 17.9 Å². The summed E-state index contributed by atoms with van der Waals surface area (Å²) < 4.78 is 28.7. The highest BCUT2D eigenvalue weighted by Gasteiger charge is 2.26. The molecule has 7 heteroatoms. The van der Waals surface area contributed by atoms with Crippen LogP contribution in [0.2, 0.25) is 5.02 Å². The summed E-state index contributed by atoms with van der Waals surface area (Å²) in [7, 11) is -3.52. The molecule has 0 bridgehead atoms. The number of hydrogen-bond acceptors (Lipinski definition) is 4. The van der Waals surface area contributed by atoms with Crippen molar-refractivity contribution >= 4 is 33.0 Å². The van der Waals surface area contributed by atoms with Gasteiger partial charge in [0.25, 0.3) is 5.91 Å². The van der Waals surface area contributed by atoms with E-state index < -0.39 is 15.9 Å². The topological polar surface area (TPSA) is 72.5 Å². The van der Waals surface area contributed by atoms with E-state index in [2.05, 4.69) is 5.32 Å². The number of hydrogen-bond donors (Lipinski definition) is 1. The number of anilines is 1. The van der Waals surface area contributed by atoms with Gasteiger partial charge in [0, 0.05) is 12.9 Å². The van der Waals surface area contributed by atoms with Gasteiger partial charge >= 0.3 is 0 Å². The Morgan fingerprint density at radius 2 is 2.21 bits per heavy atom. The van der Waals surface area contributed by atoms with Gasteiger partial charge in [0.05, 0.1) is 10.7 Å². The van der Waals surface area contributed by atoms with Crippen LogP contribution in [0.4, 0.5) is 5.69 Å². The molecule has 5 nitrogen and oxygen atoms in total. The maximum Gasteiger partial charge on any atom is 0.253 e. The maximum absolute atomic E-state index is 11.9. The zero-order valence-electron chi connectivity index (χ0n) is 10.3. The van der Waals surface area contributed by atoms with Crippen molar-refractivity contribution in [2.75, 3.05) is 18.2 Å². The SMILES string of the molecule is CS(=O)(=O)c1c(Cl)cccc1NC(=O)[C@H]1CCCO1. The Hall–Kier alpha value is -1.11. The fourth-order valence-electron chi connectivity index (χ4n) is 1.98. The maximum atomic E-state index is 11.9. The molecule has 1 amide bonds. The normalized spacial score (nSPS) is 19.4. The lowest BCUT2D eigenvalue weighted by atomic mass is 10.2. The van der Waals surface area contributed by atoms with Crippen molar-refractivity contribution in [2.45, 2.75) is 23.8 Å². The number of nitrogens with one attached hydrogen (secondary N) is 1. The molecule has 1 N–H and O–H groups in total. The number of amides is 1. The second-order valence-corrected chi connectivity index (χ2v) is 6.74. The molecule has 1 heterocycles. The first-order chi connectivity index (χ1) is 8.89. The molecular formula is C12H14ClNO4S. The number of halogens is 1. The van der Waals surface area contributed by atoms with Gasteiger partial charge in [-0.25, -0.2) is 8.42 Å². The predicted octanol–water partition coefficient (Wildman–Crippen LogP) is 1.86. The number of benzene rings is 1. The smallest absolute Gasteiger partial charge is 0.253 e. The highest BCUT2D eigenvalue weighted by Crippen LogP contribution is 2.29. The van der Waals surface area contributed by atoms with Crippen LogP contribution < -0.4 is 5.32 Å². The summed E-state index contributed by atoms with van der Waals surface area (Å²) in [5, 5.41) is 2.66. The minimum atomic E-state index is -3.52. The van der Waals surface area contributed by atoms with Crippen molar-refractivity contribution in [3.63, 3.8) is 0 Å². The van der Waals surface area contributed by atoms with Gasteiger partial charge < -0.3 is 10.1 Å². The second-order valence-electron chi connectivity index (χ2n) is 4.38. The van der Waals surface area contributed by atoms with Gasteiger partial charge in [-0.15, -0.1) is 0 Å². The third-order valence-corrected chi connectivity index (χ3v) is 4.43. The fraction of sp³-hybridized carbons (Fsp3) is 0.417. The summed E-state index contributed by atoms with van der Waals surface area (Å²) in [6.45, 7) is 0.548. The Bertz CT molecular complexity index is 594. The highest BCUT2D eigenvalue weighted by atomic mass is 35.5. The van der Waals surface area contributed by atoms with Crippen LogP contribution in [0.5, 0.6) is 0 Å². The molecule has 0 saturated carbocycles. The molecule has 0 spiro atoms. The molecule has 104 valence electrons. The van der Waals surface area contributed by atoms with Gasteiger partial charge in [-0.2, -0.15) is 0 Å². The quantitative estimate of drug-likeness (QED) is 0.925. The minimum Gasteiger partial charge on any atom is -0.368 e. The van der Waals surface area contributed by atoms with Crippen LogP contribution in [0.3, 0.4) is 0 Å². The van der Waals surface area contributed by atoms with E-state index in [1.807, 2.05) is 0 Å². The van der Waals surface area contributed by atoms with Crippen molar-refractivity contribution in [1.29, 1.82) is 0 Å². The van der Waals surface area contributed by atoms with E-state index in [1.165, 1.54) is 12.1 Å². The van der Waals surface area contributed by atoms with Crippen LogP contribution in [0, 0.1) is 0 Å². The van der Waals surface area contributed by atoms with E-state index >= 15 is 0 Å². The Labute approximate surface area is 116 Å². The first-order valence-corrected chi connectivity index (χ1v) is 8.07. The molecule has 1 aliphatic rings. The number of ether oxygens (including phenoxy) is 1. The molecule has 1 atom stereocenters. The molecule has 1 aromatic rings. The van der Waals surface area contributed by atoms with E-state index in [-0.39, 0.29) is 21.5 Å². The van der Waals surface area contributed by atoms with Crippen molar-refractivity contribution in [1.82, 2.24) is 0 Å². The number of carbonyl (C=O) groups is 1. The second kappa shape index (κ2) is 5.48. The number of carbonyl (C=O) groups excluding carboxylic acids is 1. The number of rotatable bonds is 3. The Kier molecular flexibility index (Phi) is 4.13. The van der Waals surface area contributed by atoms with E-state index in [1.54, 1.807) is 6.07 Å². The first-order valence-electron chi connectivity index (χ1n) is 5.80. The van der Waals surface area contributed by atoms with Gasteiger partial charge in [-0.3, -0.25) is 4.79 Å². The van der Waals surface area contributed by atoms with Gasteiger partial charge in [-0.05, 0) is 25.0 Å².